The number of urea groups is 1. The van der Waals surface area contributed by atoms with Gasteiger partial charge in [0.1, 0.15) is 6.54 Å². The number of aromatic nitrogens is 3. The first kappa shape index (κ1) is 15.4. The van der Waals surface area contributed by atoms with Crippen LogP contribution in [0.25, 0.3) is 0 Å². The van der Waals surface area contributed by atoms with Gasteiger partial charge in [0.2, 0.25) is 5.91 Å². The number of carbonyl (C=O) groups excluding carboxylic acids is 2. The van der Waals surface area contributed by atoms with Crippen LogP contribution in [-0.4, -0.2) is 53.2 Å². The molecule has 1 aromatic heterocycles. The standard InChI is InChI=1S/C12H20N6O3/c1-21-5-4-13-6-10-7-18(17-16-10)8-11(19)15-12(20)14-9-2-3-9/h7,9,13H,2-6,8H2,1H3,(H2,14,15,19,20). The van der Waals surface area contributed by atoms with E-state index in [1.165, 1.54) is 4.68 Å². The molecule has 1 heterocycles. The summed E-state index contributed by atoms with van der Waals surface area (Å²) in [5.41, 5.74) is 0.723. The Morgan fingerprint density at radius 1 is 1.48 bits per heavy atom. The lowest BCUT2D eigenvalue weighted by Gasteiger charge is -2.04. The third kappa shape index (κ3) is 5.88. The SMILES string of the molecule is COCCNCc1cn(CC(=O)NC(=O)NC2CC2)nn1. The highest BCUT2D eigenvalue weighted by molar-refractivity contribution is 5.94. The first-order valence-electron chi connectivity index (χ1n) is 6.86. The van der Waals surface area contributed by atoms with Gasteiger partial charge in [-0.15, -0.1) is 5.10 Å². The van der Waals surface area contributed by atoms with Crippen LogP contribution in [0.2, 0.25) is 0 Å². The Morgan fingerprint density at radius 3 is 3.00 bits per heavy atom. The number of nitrogens with one attached hydrogen (secondary N) is 3. The first-order valence-corrected chi connectivity index (χ1v) is 6.86. The van der Waals surface area contributed by atoms with Crippen molar-refractivity contribution >= 4 is 11.9 Å². The fourth-order valence-electron chi connectivity index (χ4n) is 1.65. The highest BCUT2D eigenvalue weighted by atomic mass is 16.5. The minimum absolute atomic E-state index is 0.0385. The molecule has 1 aliphatic rings. The second kappa shape index (κ2) is 7.70. The smallest absolute Gasteiger partial charge is 0.321 e. The van der Waals surface area contributed by atoms with Gasteiger partial charge in [0, 0.05) is 26.2 Å². The van der Waals surface area contributed by atoms with E-state index in [4.69, 9.17) is 4.74 Å². The van der Waals surface area contributed by atoms with E-state index in [0.29, 0.717) is 19.7 Å². The lowest BCUT2D eigenvalue weighted by atomic mass is 10.4. The van der Waals surface area contributed by atoms with Crippen molar-refractivity contribution in [1.29, 1.82) is 0 Å². The largest absolute Gasteiger partial charge is 0.383 e. The fraction of sp³-hybridized carbons (Fsp3) is 0.667. The van der Waals surface area contributed by atoms with Crippen molar-refractivity contribution in [2.45, 2.75) is 32.0 Å². The highest BCUT2D eigenvalue weighted by Gasteiger charge is 2.23. The summed E-state index contributed by atoms with van der Waals surface area (Å²) in [5.74, 6) is -0.419. The van der Waals surface area contributed by atoms with Crippen molar-refractivity contribution in [3.05, 3.63) is 11.9 Å². The molecule has 21 heavy (non-hydrogen) atoms. The molecule has 3 amide bonds. The van der Waals surface area contributed by atoms with Gasteiger partial charge in [-0.1, -0.05) is 5.21 Å². The van der Waals surface area contributed by atoms with Crippen LogP contribution >= 0.6 is 0 Å². The summed E-state index contributed by atoms with van der Waals surface area (Å²) in [4.78, 5) is 23.0. The van der Waals surface area contributed by atoms with Gasteiger partial charge in [-0.25, -0.2) is 9.48 Å². The topological polar surface area (TPSA) is 110 Å². The molecular formula is C12H20N6O3. The number of nitrogens with zero attached hydrogens (tertiary/aromatic N) is 3. The molecule has 1 fully saturated rings. The van der Waals surface area contributed by atoms with Gasteiger partial charge in [0.15, 0.2) is 0 Å². The van der Waals surface area contributed by atoms with E-state index in [9.17, 15) is 9.59 Å². The Kier molecular flexibility index (Phi) is 5.64. The third-order valence-electron chi connectivity index (χ3n) is 2.85. The second-order valence-electron chi connectivity index (χ2n) is 4.87. The molecule has 0 aromatic carbocycles. The zero-order chi connectivity index (χ0) is 15.1. The van der Waals surface area contributed by atoms with Crippen molar-refractivity contribution < 1.29 is 14.3 Å². The van der Waals surface area contributed by atoms with Crippen molar-refractivity contribution in [3.63, 3.8) is 0 Å². The molecule has 0 saturated heterocycles. The molecule has 116 valence electrons. The maximum Gasteiger partial charge on any atom is 0.321 e. The van der Waals surface area contributed by atoms with Crippen LogP contribution in [0.4, 0.5) is 4.79 Å². The molecule has 9 heteroatoms. The monoisotopic (exact) mass is 296 g/mol. The van der Waals surface area contributed by atoms with E-state index in [0.717, 1.165) is 18.5 Å². The summed E-state index contributed by atoms with van der Waals surface area (Å²) in [5, 5.41) is 15.8. The van der Waals surface area contributed by atoms with Crippen LogP contribution in [0.3, 0.4) is 0 Å². The summed E-state index contributed by atoms with van der Waals surface area (Å²) in [6.07, 6.45) is 3.62. The predicted molar refractivity (Wildman–Crippen MR) is 73.3 cm³/mol. The number of hydrogen-bond acceptors (Lipinski definition) is 6. The van der Waals surface area contributed by atoms with Crippen LogP contribution in [0.1, 0.15) is 18.5 Å². The number of imide groups is 1. The maximum absolute atomic E-state index is 11.6. The van der Waals surface area contributed by atoms with Gasteiger partial charge in [-0.3, -0.25) is 10.1 Å². The number of amides is 3. The third-order valence-corrected chi connectivity index (χ3v) is 2.85. The van der Waals surface area contributed by atoms with E-state index < -0.39 is 11.9 Å². The molecule has 2 rings (SSSR count). The maximum atomic E-state index is 11.6. The number of rotatable bonds is 8. The van der Waals surface area contributed by atoms with Crippen LogP contribution in [0, 0.1) is 0 Å². The fourth-order valence-corrected chi connectivity index (χ4v) is 1.65. The van der Waals surface area contributed by atoms with Crippen molar-refractivity contribution in [2.75, 3.05) is 20.3 Å². The Labute approximate surface area is 122 Å². The van der Waals surface area contributed by atoms with Gasteiger partial charge < -0.3 is 15.4 Å². The lowest BCUT2D eigenvalue weighted by Crippen LogP contribution is -2.41. The predicted octanol–water partition coefficient (Wildman–Crippen LogP) is -0.998. The summed E-state index contributed by atoms with van der Waals surface area (Å²) >= 11 is 0. The zero-order valence-electron chi connectivity index (χ0n) is 12.0. The van der Waals surface area contributed by atoms with Crippen LogP contribution in [-0.2, 0) is 22.6 Å². The van der Waals surface area contributed by atoms with Gasteiger partial charge in [0.25, 0.3) is 0 Å². The van der Waals surface area contributed by atoms with E-state index in [2.05, 4.69) is 26.3 Å². The van der Waals surface area contributed by atoms with E-state index in [1.54, 1.807) is 13.3 Å². The summed E-state index contributed by atoms with van der Waals surface area (Å²) < 4.78 is 6.31. The number of ether oxygens (including phenoxy) is 1. The van der Waals surface area contributed by atoms with Crippen LogP contribution < -0.4 is 16.0 Å². The number of hydrogen-bond donors (Lipinski definition) is 3. The molecule has 3 N–H and O–H groups in total. The van der Waals surface area contributed by atoms with E-state index in [1.807, 2.05) is 0 Å². The Bertz CT molecular complexity index is 485. The lowest BCUT2D eigenvalue weighted by molar-refractivity contribution is -0.120. The molecule has 0 bridgehead atoms. The molecule has 0 unspecified atom stereocenters. The van der Waals surface area contributed by atoms with E-state index in [-0.39, 0.29) is 12.6 Å². The zero-order valence-corrected chi connectivity index (χ0v) is 12.0. The average Bonchev–Trinajstić information content (AvgIpc) is 3.13. The number of carbonyl (C=O) groups is 2. The Hall–Kier alpha value is -2.00. The minimum atomic E-state index is -0.455. The Balaban J connectivity index is 1.68. The summed E-state index contributed by atoms with van der Waals surface area (Å²) in [7, 11) is 1.63. The van der Waals surface area contributed by atoms with Gasteiger partial charge in [-0.2, -0.15) is 0 Å². The second-order valence-corrected chi connectivity index (χ2v) is 4.87. The number of methoxy groups -OCH3 is 1. The van der Waals surface area contributed by atoms with Crippen LogP contribution in [0.5, 0.6) is 0 Å². The summed E-state index contributed by atoms with van der Waals surface area (Å²) in [6, 6.07) is -0.238. The highest BCUT2D eigenvalue weighted by Crippen LogP contribution is 2.18. The molecule has 0 radical (unpaired) electrons. The van der Waals surface area contributed by atoms with Crippen LogP contribution in [0.15, 0.2) is 6.20 Å². The molecule has 1 aliphatic carbocycles. The normalized spacial score (nSPS) is 14.0. The molecule has 0 aliphatic heterocycles. The molecule has 1 aromatic rings. The average molecular weight is 296 g/mol. The van der Waals surface area contributed by atoms with Gasteiger partial charge in [-0.05, 0) is 12.8 Å². The van der Waals surface area contributed by atoms with Crippen molar-refractivity contribution in [1.82, 2.24) is 30.9 Å². The first-order chi connectivity index (χ1) is 10.2. The van der Waals surface area contributed by atoms with Gasteiger partial charge in [0.05, 0.1) is 18.5 Å². The summed E-state index contributed by atoms with van der Waals surface area (Å²) in [6.45, 7) is 1.84. The Morgan fingerprint density at radius 2 is 2.29 bits per heavy atom. The van der Waals surface area contributed by atoms with E-state index >= 15 is 0 Å². The molecule has 0 atom stereocenters. The molecule has 0 spiro atoms. The minimum Gasteiger partial charge on any atom is -0.383 e. The van der Waals surface area contributed by atoms with Crippen molar-refractivity contribution in [2.24, 2.45) is 0 Å². The van der Waals surface area contributed by atoms with Crippen molar-refractivity contribution in [3.8, 4) is 0 Å². The van der Waals surface area contributed by atoms with Gasteiger partial charge >= 0.3 is 6.03 Å². The quantitative estimate of drug-likeness (QED) is 0.531. The molecule has 9 nitrogen and oxygen atoms in total. The molecule has 1 saturated carbocycles. The molecular weight excluding hydrogens is 276 g/mol.